The highest BCUT2D eigenvalue weighted by molar-refractivity contribution is 6.01. The van der Waals surface area contributed by atoms with Crippen molar-refractivity contribution in [2.75, 3.05) is 21.2 Å². The standard InChI is InChI=1S/C13H13N3O5/c1-15(2)13(18)9(7-14)4-8-5-10(16(19)20)6-11(21-3)12(8)17/h4-6,17H,1-3H3/b9-4+. The van der Waals surface area contributed by atoms with Gasteiger partial charge in [-0.3, -0.25) is 14.9 Å². The molecule has 1 N–H and O–H groups in total. The van der Waals surface area contributed by atoms with Crippen LogP contribution in [0.15, 0.2) is 17.7 Å². The molecule has 0 aromatic heterocycles. The van der Waals surface area contributed by atoms with Crippen LogP contribution in [0, 0.1) is 21.4 Å². The second-order valence-electron chi connectivity index (χ2n) is 4.21. The molecule has 0 bridgehead atoms. The lowest BCUT2D eigenvalue weighted by molar-refractivity contribution is -0.385. The summed E-state index contributed by atoms with van der Waals surface area (Å²) < 4.78 is 4.84. The predicted octanol–water partition coefficient (Wildman–Crippen LogP) is 1.30. The Kier molecular flexibility index (Phi) is 4.86. The van der Waals surface area contributed by atoms with Gasteiger partial charge in [-0.05, 0) is 6.08 Å². The van der Waals surface area contributed by atoms with Crippen LogP contribution >= 0.6 is 0 Å². The monoisotopic (exact) mass is 291 g/mol. The van der Waals surface area contributed by atoms with E-state index in [1.54, 1.807) is 6.07 Å². The van der Waals surface area contributed by atoms with Crippen molar-refractivity contribution in [2.45, 2.75) is 0 Å². The van der Waals surface area contributed by atoms with Crippen molar-refractivity contribution in [1.29, 1.82) is 5.26 Å². The van der Waals surface area contributed by atoms with E-state index < -0.39 is 10.8 Å². The van der Waals surface area contributed by atoms with Gasteiger partial charge < -0.3 is 14.7 Å². The maximum Gasteiger partial charge on any atom is 0.274 e. The van der Waals surface area contributed by atoms with Crippen molar-refractivity contribution in [3.8, 4) is 17.6 Å². The van der Waals surface area contributed by atoms with Crippen molar-refractivity contribution in [2.24, 2.45) is 0 Å². The Hall–Kier alpha value is -3.08. The first-order valence-corrected chi connectivity index (χ1v) is 5.70. The Morgan fingerprint density at radius 3 is 2.57 bits per heavy atom. The summed E-state index contributed by atoms with van der Waals surface area (Å²) in [7, 11) is 4.16. The summed E-state index contributed by atoms with van der Waals surface area (Å²) in [4.78, 5) is 23.1. The molecule has 0 fully saturated rings. The SMILES string of the molecule is COc1cc([N+](=O)[O-])cc(/C=C(\C#N)C(=O)N(C)C)c1O. The second-order valence-corrected chi connectivity index (χ2v) is 4.21. The Bertz CT molecular complexity index is 659. The number of amides is 1. The van der Waals surface area contributed by atoms with Crippen molar-refractivity contribution in [1.82, 2.24) is 4.90 Å². The average Bonchev–Trinajstić information content (AvgIpc) is 2.45. The number of methoxy groups -OCH3 is 1. The molecule has 21 heavy (non-hydrogen) atoms. The molecule has 1 amide bonds. The molecular formula is C13H13N3O5. The maximum atomic E-state index is 11.8. The number of benzene rings is 1. The molecule has 0 saturated carbocycles. The van der Waals surface area contributed by atoms with Crippen LogP contribution < -0.4 is 4.74 Å². The van der Waals surface area contributed by atoms with Crippen LogP contribution in [0.25, 0.3) is 6.08 Å². The van der Waals surface area contributed by atoms with Crippen LogP contribution in [0.4, 0.5) is 5.69 Å². The highest BCUT2D eigenvalue weighted by Crippen LogP contribution is 2.35. The van der Waals surface area contributed by atoms with Gasteiger partial charge in [0.2, 0.25) is 0 Å². The van der Waals surface area contributed by atoms with Gasteiger partial charge in [-0.2, -0.15) is 5.26 Å². The Labute approximate surface area is 120 Å². The van der Waals surface area contributed by atoms with Crippen LogP contribution in [0.2, 0.25) is 0 Å². The lowest BCUT2D eigenvalue weighted by Crippen LogP contribution is -2.22. The molecule has 1 rings (SSSR count). The fourth-order valence-electron chi connectivity index (χ4n) is 1.52. The minimum absolute atomic E-state index is 0.0483. The molecule has 0 unspecified atom stereocenters. The number of ether oxygens (including phenoxy) is 1. The van der Waals surface area contributed by atoms with Crippen LogP contribution in [0.3, 0.4) is 0 Å². The zero-order chi connectivity index (χ0) is 16.2. The molecule has 0 spiro atoms. The first-order chi connectivity index (χ1) is 9.81. The number of carbonyl (C=O) groups is 1. The van der Waals surface area contributed by atoms with Gasteiger partial charge in [0, 0.05) is 25.7 Å². The number of nitrogens with zero attached hydrogens (tertiary/aromatic N) is 3. The van der Waals surface area contributed by atoms with Crippen molar-refractivity contribution >= 4 is 17.7 Å². The van der Waals surface area contributed by atoms with E-state index in [2.05, 4.69) is 0 Å². The number of hydrogen-bond acceptors (Lipinski definition) is 6. The van der Waals surface area contributed by atoms with Gasteiger partial charge in [0.15, 0.2) is 11.5 Å². The smallest absolute Gasteiger partial charge is 0.274 e. The van der Waals surface area contributed by atoms with Gasteiger partial charge in [0.1, 0.15) is 11.6 Å². The highest BCUT2D eigenvalue weighted by Gasteiger charge is 2.18. The van der Waals surface area contributed by atoms with Crippen LogP contribution in [0.5, 0.6) is 11.5 Å². The predicted molar refractivity (Wildman–Crippen MR) is 73.6 cm³/mol. The molecule has 0 aliphatic carbocycles. The third-order valence-corrected chi connectivity index (χ3v) is 2.58. The summed E-state index contributed by atoms with van der Waals surface area (Å²) in [6.07, 6.45) is 1.08. The van der Waals surface area contributed by atoms with Crippen molar-refractivity contribution in [3.63, 3.8) is 0 Å². The number of hydrogen-bond donors (Lipinski definition) is 1. The number of aromatic hydroxyl groups is 1. The van der Waals surface area contributed by atoms with Crippen LogP contribution in [0.1, 0.15) is 5.56 Å². The molecule has 8 heteroatoms. The topological polar surface area (TPSA) is 117 Å². The van der Waals surface area contributed by atoms with E-state index in [0.29, 0.717) is 0 Å². The van der Waals surface area contributed by atoms with E-state index in [4.69, 9.17) is 10.00 Å². The molecule has 1 aromatic rings. The molecule has 8 nitrogen and oxygen atoms in total. The fraction of sp³-hybridized carbons (Fsp3) is 0.231. The number of non-ortho nitro benzene ring substituents is 1. The van der Waals surface area contributed by atoms with E-state index in [0.717, 1.165) is 18.2 Å². The quantitative estimate of drug-likeness (QED) is 0.387. The number of phenolic OH excluding ortho intramolecular Hbond substituents is 1. The summed E-state index contributed by atoms with van der Waals surface area (Å²) >= 11 is 0. The minimum Gasteiger partial charge on any atom is -0.504 e. The number of nitro benzene ring substituents is 1. The van der Waals surface area contributed by atoms with Crippen LogP contribution in [-0.2, 0) is 4.79 Å². The Balaban J connectivity index is 3.48. The second kappa shape index (κ2) is 6.38. The Morgan fingerprint density at radius 2 is 2.14 bits per heavy atom. The molecule has 0 atom stereocenters. The maximum absolute atomic E-state index is 11.8. The normalized spacial score (nSPS) is 10.7. The molecule has 110 valence electrons. The Morgan fingerprint density at radius 1 is 1.52 bits per heavy atom. The summed E-state index contributed by atoms with van der Waals surface area (Å²) in [5.41, 5.74) is -0.642. The first kappa shape index (κ1) is 16.0. The summed E-state index contributed by atoms with van der Waals surface area (Å²) in [5.74, 6) is -1.09. The van der Waals surface area contributed by atoms with Gasteiger partial charge in [-0.25, -0.2) is 0 Å². The van der Waals surface area contributed by atoms with Crippen molar-refractivity contribution < 1.29 is 19.6 Å². The van der Waals surface area contributed by atoms with E-state index in [9.17, 15) is 20.0 Å². The molecule has 0 heterocycles. The molecule has 0 aliphatic rings. The zero-order valence-corrected chi connectivity index (χ0v) is 11.7. The number of likely N-dealkylation sites (N-methyl/N-ethyl adjacent to an activating group) is 1. The summed E-state index contributed by atoms with van der Waals surface area (Å²) in [6, 6.07) is 3.79. The third-order valence-electron chi connectivity index (χ3n) is 2.58. The third kappa shape index (κ3) is 3.48. The number of nitriles is 1. The molecule has 0 aliphatic heterocycles. The van der Waals surface area contributed by atoms with E-state index >= 15 is 0 Å². The molecule has 1 aromatic carbocycles. The van der Waals surface area contributed by atoms with Gasteiger partial charge in [0.05, 0.1) is 18.1 Å². The molecule has 0 saturated heterocycles. The van der Waals surface area contributed by atoms with E-state index in [1.165, 1.54) is 26.1 Å². The number of carbonyl (C=O) groups excluding carboxylic acids is 1. The van der Waals surface area contributed by atoms with Gasteiger partial charge in [-0.15, -0.1) is 0 Å². The lowest BCUT2D eigenvalue weighted by atomic mass is 10.1. The van der Waals surface area contributed by atoms with Crippen molar-refractivity contribution in [3.05, 3.63) is 33.4 Å². The number of rotatable bonds is 4. The summed E-state index contributed by atoms with van der Waals surface area (Å²) in [5, 5.41) is 29.8. The highest BCUT2D eigenvalue weighted by atomic mass is 16.6. The van der Waals surface area contributed by atoms with Gasteiger partial charge >= 0.3 is 0 Å². The molecular weight excluding hydrogens is 278 g/mol. The molecule has 0 radical (unpaired) electrons. The largest absolute Gasteiger partial charge is 0.504 e. The van der Waals surface area contributed by atoms with Crippen LogP contribution in [-0.4, -0.2) is 42.0 Å². The first-order valence-electron chi connectivity index (χ1n) is 5.70. The number of phenols is 1. The summed E-state index contributed by atoms with van der Waals surface area (Å²) in [6.45, 7) is 0. The fourth-order valence-corrected chi connectivity index (χ4v) is 1.52. The van der Waals surface area contributed by atoms with Gasteiger partial charge in [-0.1, -0.05) is 0 Å². The lowest BCUT2D eigenvalue weighted by Gasteiger charge is -2.10. The number of nitro groups is 1. The average molecular weight is 291 g/mol. The van der Waals surface area contributed by atoms with E-state index in [1.807, 2.05) is 0 Å². The minimum atomic E-state index is -0.668. The van der Waals surface area contributed by atoms with E-state index in [-0.39, 0.29) is 28.3 Å². The van der Waals surface area contributed by atoms with Gasteiger partial charge in [0.25, 0.3) is 11.6 Å². The zero-order valence-electron chi connectivity index (χ0n) is 11.7.